The molecule has 0 bridgehead atoms. The van der Waals surface area contributed by atoms with Crippen molar-refractivity contribution in [3.63, 3.8) is 0 Å². The second kappa shape index (κ2) is 4.57. The predicted molar refractivity (Wildman–Crippen MR) is 61.3 cm³/mol. The molecular formula is C10H14N4S. The van der Waals surface area contributed by atoms with Crippen molar-refractivity contribution in [2.45, 2.75) is 12.5 Å². The van der Waals surface area contributed by atoms with Crippen LogP contribution in [0.15, 0.2) is 29.4 Å². The van der Waals surface area contributed by atoms with E-state index in [4.69, 9.17) is 5.84 Å². The Morgan fingerprint density at radius 2 is 2.53 bits per heavy atom. The predicted octanol–water partition coefficient (Wildman–Crippen LogP) is 1.23. The van der Waals surface area contributed by atoms with E-state index in [-0.39, 0.29) is 6.04 Å². The van der Waals surface area contributed by atoms with Crippen molar-refractivity contribution < 1.29 is 0 Å². The van der Waals surface area contributed by atoms with Gasteiger partial charge in [-0.3, -0.25) is 11.3 Å². The van der Waals surface area contributed by atoms with Crippen molar-refractivity contribution in [3.05, 3.63) is 40.6 Å². The van der Waals surface area contributed by atoms with Crippen LogP contribution >= 0.6 is 11.3 Å². The van der Waals surface area contributed by atoms with E-state index in [1.807, 2.05) is 17.8 Å². The van der Waals surface area contributed by atoms with Crippen LogP contribution in [-0.4, -0.2) is 9.55 Å². The number of hydrazine groups is 1. The van der Waals surface area contributed by atoms with Gasteiger partial charge in [0.05, 0.1) is 18.1 Å². The molecule has 0 amide bonds. The molecule has 2 aromatic rings. The molecule has 0 saturated carbocycles. The first-order chi connectivity index (χ1) is 7.31. The third-order valence-electron chi connectivity index (χ3n) is 2.43. The number of hydrogen-bond donors (Lipinski definition) is 2. The summed E-state index contributed by atoms with van der Waals surface area (Å²) in [6.07, 6.45) is 4.52. The largest absolute Gasteiger partial charge is 0.336 e. The van der Waals surface area contributed by atoms with E-state index in [0.717, 1.165) is 12.1 Å². The van der Waals surface area contributed by atoms with Gasteiger partial charge in [0, 0.05) is 13.2 Å². The Bertz CT molecular complexity index is 407. The maximum absolute atomic E-state index is 5.56. The topological polar surface area (TPSA) is 55.9 Å². The minimum atomic E-state index is 0.118. The number of rotatable bonds is 4. The van der Waals surface area contributed by atoms with E-state index in [0.29, 0.717) is 0 Å². The summed E-state index contributed by atoms with van der Waals surface area (Å²) in [5, 5.41) is 4.22. The van der Waals surface area contributed by atoms with Crippen LogP contribution in [0.4, 0.5) is 0 Å². The minimum absolute atomic E-state index is 0.118. The van der Waals surface area contributed by atoms with Crippen LogP contribution < -0.4 is 11.3 Å². The molecule has 80 valence electrons. The number of aromatic nitrogens is 2. The molecule has 0 saturated heterocycles. The van der Waals surface area contributed by atoms with Gasteiger partial charge in [-0.25, -0.2) is 4.98 Å². The van der Waals surface area contributed by atoms with Crippen LogP contribution in [0.1, 0.15) is 17.3 Å². The third kappa shape index (κ3) is 2.26. The van der Waals surface area contributed by atoms with Crippen molar-refractivity contribution in [2.24, 2.45) is 12.9 Å². The van der Waals surface area contributed by atoms with Crippen molar-refractivity contribution in [3.8, 4) is 0 Å². The van der Waals surface area contributed by atoms with Crippen LogP contribution in [0.25, 0.3) is 0 Å². The van der Waals surface area contributed by atoms with Crippen molar-refractivity contribution in [1.29, 1.82) is 0 Å². The van der Waals surface area contributed by atoms with Gasteiger partial charge in [-0.05, 0) is 28.8 Å². The number of hydrogen-bond acceptors (Lipinski definition) is 4. The van der Waals surface area contributed by atoms with Gasteiger partial charge >= 0.3 is 0 Å². The van der Waals surface area contributed by atoms with Crippen molar-refractivity contribution in [2.75, 3.05) is 0 Å². The highest BCUT2D eigenvalue weighted by Crippen LogP contribution is 2.18. The first-order valence-corrected chi connectivity index (χ1v) is 5.69. The van der Waals surface area contributed by atoms with Crippen LogP contribution in [-0.2, 0) is 13.5 Å². The SMILES string of the molecule is Cn1cncc1C(Cc1ccsc1)NN. The fourth-order valence-electron chi connectivity index (χ4n) is 1.60. The van der Waals surface area contributed by atoms with Crippen molar-refractivity contribution in [1.82, 2.24) is 15.0 Å². The van der Waals surface area contributed by atoms with E-state index in [1.165, 1.54) is 5.56 Å². The summed E-state index contributed by atoms with van der Waals surface area (Å²) in [5.41, 5.74) is 5.22. The fourth-order valence-corrected chi connectivity index (χ4v) is 2.28. The summed E-state index contributed by atoms with van der Waals surface area (Å²) in [7, 11) is 1.97. The molecule has 1 atom stereocenters. The second-order valence-electron chi connectivity index (χ2n) is 3.48. The molecule has 0 spiro atoms. The molecule has 4 nitrogen and oxygen atoms in total. The smallest absolute Gasteiger partial charge is 0.0946 e. The highest BCUT2D eigenvalue weighted by atomic mass is 32.1. The molecule has 2 aromatic heterocycles. The van der Waals surface area contributed by atoms with Crippen LogP contribution in [0, 0.1) is 0 Å². The highest BCUT2D eigenvalue weighted by molar-refractivity contribution is 7.07. The molecule has 5 heteroatoms. The summed E-state index contributed by atoms with van der Waals surface area (Å²) in [6.45, 7) is 0. The Labute approximate surface area is 92.7 Å². The zero-order valence-electron chi connectivity index (χ0n) is 8.55. The van der Waals surface area contributed by atoms with Gasteiger partial charge in [-0.2, -0.15) is 11.3 Å². The first-order valence-electron chi connectivity index (χ1n) is 4.74. The molecule has 0 aromatic carbocycles. The molecule has 0 aliphatic heterocycles. The molecule has 0 aliphatic carbocycles. The molecule has 0 radical (unpaired) electrons. The van der Waals surface area contributed by atoms with Crippen LogP contribution in [0.5, 0.6) is 0 Å². The quantitative estimate of drug-likeness (QED) is 0.604. The zero-order chi connectivity index (χ0) is 10.7. The highest BCUT2D eigenvalue weighted by Gasteiger charge is 2.13. The molecule has 0 fully saturated rings. The number of nitrogens with zero attached hydrogens (tertiary/aromatic N) is 2. The third-order valence-corrected chi connectivity index (χ3v) is 3.16. The Morgan fingerprint density at radius 1 is 1.67 bits per heavy atom. The first kappa shape index (κ1) is 10.4. The lowest BCUT2D eigenvalue weighted by atomic mass is 10.1. The average Bonchev–Trinajstić information content (AvgIpc) is 2.85. The van der Waals surface area contributed by atoms with E-state index in [9.17, 15) is 0 Å². The average molecular weight is 222 g/mol. The summed E-state index contributed by atoms with van der Waals surface area (Å²) in [4.78, 5) is 4.09. The molecule has 2 rings (SSSR count). The van der Waals surface area contributed by atoms with Gasteiger partial charge < -0.3 is 4.57 Å². The van der Waals surface area contributed by atoms with Gasteiger partial charge in [0.2, 0.25) is 0 Å². The molecule has 1 unspecified atom stereocenters. The zero-order valence-corrected chi connectivity index (χ0v) is 9.37. The number of nitrogens with one attached hydrogen (secondary N) is 1. The number of thiophene rings is 1. The maximum Gasteiger partial charge on any atom is 0.0946 e. The lowest BCUT2D eigenvalue weighted by molar-refractivity contribution is 0.522. The van der Waals surface area contributed by atoms with Gasteiger partial charge in [0.25, 0.3) is 0 Å². The van der Waals surface area contributed by atoms with Crippen LogP contribution in [0.2, 0.25) is 0 Å². The van der Waals surface area contributed by atoms with Gasteiger partial charge in [-0.15, -0.1) is 0 Å². The summed E-state index contributed by atoms with van der Waals surface area (Å²) in [6, 6.07) is 2.23. The minimum Gasteiger partial charge on any atom is -0.336 e. The fraction of sp³-hybridized carbons (Fsp3) is 0.300. The second-order valence-corrected chi connectivity index (χ2v) is 4.26. The number of nitrogens with two attached hydrogens (primary N) is 1. The van der Waals surface area contributed by atoms with E-state index in [1.54, 1.807) is 17.7 Å². The summed E-state index contributed by atoms with van der Waals surface area (Å²) < 4.78 is 1.98. The van der Waals surface area contributed by atoms with Gasteiger partial charge in [-0.1, -0.05) is 0 Å². The van der Waals surface area contributed by atoms with Gasteiger partial charge in [0.15, 0.2) is 0 Å². The monoisotopic (exact) mass is 222 g/mol. The number of imidazole rings is 1. The van der Waals surface area contributed by atoms with Crippen molar-refractivity contribution >= 4 is 11.3 Å². The Hall–Kier alpha value is -1.17. The molecule has 0 aliphatic rings. The lowest BCUT2D eigenvalue weighted by Gasteiger charge is -2.15. The standard InChI is InChI=1S/C10H14N4S/c1-14-7-12-5-10(14)9(13-11)4-8-2-3-15-6-8/h2-3,5-7,9,13H,4,11H2,1H3. The maximum atomic E-state index is 5.56. The molecule has 2 heterocycles. The van der Waals surface area contributed by atoms with Gasteiger partial charge in [0.1, 0.15) is 0 Å². The summed E-state index contributed by atoms with van der Waals surface area (Å²) in [5.74, 6) is 5.56. The Balaban J connectivity index is 2.15. The van der Waals surface area contributed by atoms with E-state index < -0.39 is 0 Å². The molecule has 15 heavy (non-hydrogen) atoms. The number of aryl methyl sites for hydroxylation is 1. The van der Waals surface area contributed by atoms with E-state index in [2.05, 4.69) is 27.2 Å². The normalized spacial score (nSPS) is 12.9. The molecule has 3 N–H and O–H groups in total. The Morgan fingerprint density at radius 3 is 3.07 bits per heavy atom. The van der Waals surface area contributed by atoms with E-state index >= 15 is 0 Å². The molecular weight excluding hydrogens is 208 g/mol. The Kier molecular flexibility index (Phi) is 3.15. The lowest BCUT2D eigenvalue weighted by Crippen LogP contribution is -2.30. The summed E-state index contributed by atoms with van der Waals surface area (Å²) >= 11 is 1.70. The van der Waals surface area contributed by atoms with Crippen LogP contribution in [0.3, 0.4) is 0 Å².